The average molecular weight is 461 g/mol. The van der Waals surface area contributed by atoms with Crippen molar-refractivity contribution in [2.75, 3.05) is 23.8 Å². The number of nitrogens with one attached hydrogen (secondary N) is 2. The van der Waals surface area contributed by atoms with Gasteiger partial charge in [0.05, 0.1) is 13.7 Å². The minimum atomic E-state index is -3.99. The Hall–Kier alpha value is -3.23. The summed E-state index contributed by atoms with van der Waals surface area (Å²) in [6, 6.07) is 17.3. The molecule has 0 atom stereocenters. The molecule has 9 heteroatoms. The maximum atomic E-state index is 13.0. The summed E-state index contributed by atoms with van der Waals surface area (Å²) < 4.78 is 39.1. The summed E-state index contributed by atoms with van der Waals surface area (Å²) in [7, 11) is -2.62. The van der Waals surface area contributed by atoms with Gasteiger partial charge in [0, 0.05) is 22.0 Å². The quantitative estimate of drug-likeness (QED) is 0.503. The van der Waals surface area contributed by atoms with Gasteiger partial charge in [-0.25, -0.2) is 8.42 Å². The van der Waals surface area contributed by atoms with Crippen molar-refractivity contribution in [3.05, 3.63) is 77.3 Å². The molecule has 0 radical (unpaired) electrons. The predicted octanol–water partition coefficient (Wildman–Crippen LogP) is 4.80. The fourth-order valence-corrected chi connectivity index (χ4v) is 4.15. The standard InChI is InChI=1S/C22H21ClN2O5S/c1-3-30-19-11-8-17(9-12-19)25-31(27,28)21-14-18(10-13-20(21)29-2)24-22(26)15-4-6-16(23)7-5-15/h4-14,25H,3H2,1-2H3,(H,24,26). The third-order valence-electron chi connectivity index (χ3n) is 4.23. The molecule has 0 unspecified atom stereocenters. The van der Waals surface area contributed by atoms with Crippen molar-refractivity contribution in [3.63, 3.8) is 0 Å². The molecule has 0 bridgehead atoms. The van der Waals surface area contributed by atoms with Gasteiger partial charge in [-0.2, -0.15) is 0 Å². The molecule has 0 aromatic heterocycles. The summed E-state index contributed by atoms with van der Waals surface area (Å²) in [6.07, 6.45) is 0. The third kappa shape index (κ3) is 5.68. The molecule has 31 heavy (non-hydrogen) atoms. The van der Waals surface area contributed by atoms with E-state index in [9.17, 15) is 13.2 Å². The number of methoxy groups -OCH3 is 1. The Morgan fingerprint density at radius 2 is 1.61 bits per heavy atom. The predicted molar refractivity (Wildman–Crippen MR) is 121 cm³/mol. The van der Waals surface area contributed by atoms with Gasteiger partial charge in [-0.15, -0.1) is 0 Å². The molecule has 0 aliphatic rings. The molecule has 0 saturated heterocycles. The molecular formula is C22H21ClN2O5S. The number of sulfonamides is 1. The molecule has 0 fully saturated rings. The van der Waals surface area contributed by atoms with Crippen molar-refractivity contribution >= 4 is 38.9 Å². The normalized spacial score (nSPS) is 10.9. The zero-order chi connectivity index (χ0) is 22.4. The summed E-state index contributed by atoms with van der Waals surface area (Å²) in [5, 5.41) is 3.19. The number of halogens is 1. The van der Waals surface area contributed by atoms with E-state index in [1.165, 1.54) is 19.2 Å². The topological polar surface area (TPSA) is 93.7 Å². The zero-order valence-electron chi connectivity index (χ0n) is 16.9. The van der Waals surface area contributed by atoms with E-state index in [-0.39, 0.29) is 10.6 Å². The lowest BCUT2D eigenvalue weighted by molar-refractivity contribution is 0.102. The summed E-state index contributed by atoms with van der Waals surface area (Å²) in [4.78, 5) is 12.3. The largest absolute Gasteiger partial charge is 0.495 e. The Labute approximate surface area is 186 Å². The van der Waals surface area contributed by atoms with E-state index < -0.39 is 15.9 Å². The number of hydrogen-bond donors (Lipinski definition) is 2. The Morgan fingerprint density at radius 1 is 0.968 bits per heavy atom. The molecule has 162 valence electrons. The first-order chi connectivity index (χ1) is 14.8. The Bertz CT molecular complexity index is 1160. The second kappa shape index (κ2) is 9.72. The number of amides is 1. The zero-order valence-corrected chi connectivity index (χ0v) is 18.5. The molecule has 0 heterocycles. The van der Waals surface area contributed by atoms with E-state index in [0.29, 0.717) is 34.3 Å². The van der Waals surface area contributed by atoms with E-state index in [1.807, 2.05) is 6.92 Å². The van der Waals surface area contributed by atoms with Crippen LogP contribution >= 0.6 is 11.6 Å². The molecule has 1 amide bonds. The molecule has 3 aromatic rings. The van der Waals surface area contributed by atoms with Gasteiger partial charge in [-0.3, -0.25) is 9.52 Å². The molecule has 3 aromatic carbocycles. The highest BCUT2D eigenvalue weighted by Gasteiger charge is 2.21. The number of carbonyl (C=O) groups excluding carboxylic acids is 1. The Balaban J connectivity index is 1.84. The van der Waals surface area contributed by atoms with Gasteiger partial charge < -0.3 is 14.8 Å². The van der Waals surface area contributed by atoms with Gasteiger partial charge in [-0.05, 0) is 73.7 Å². The van der Waals surface area contributed by atoms with E-state index in [2.05, 4.69) is 10.0 Å². The van der Waals surface area contributed by atoms with Gasteiger partial charge in [0.1, 0.15) is 16.4 Å². The highest BCUT2D eigenvalue weighted by molar-refractivity contribution is 7.92. The van der Waals surface area contributed by atoms with Crippen LogP contribution in [0.3, 0.4) is 0 Å². The summed E-state index contributed by atoms with van der Waals surface area (Å²) in [6.45, 7) is 2.37. The molecule has 2 N–H and O–H groups in total. The van der Waals surface area contributed by atoms with E-state index in [4.69, 9.17) is 21.1 Å². The van der Waals surface area contributed by atoms with E-state index >= 15 is 0 Å². The van der Waals surface area contributed by atoms with Crippen LogP contribution in [0.4, 0.5) is 11.4 Å². The number of rotatable bonds is 8. The minimum absolute atomic E-state index is 0.113. The van der Waals surface area contributed by atoms with Gasteiger partial charge in [0.15, 0.2) is 0 Å². The smallest absolute Gasteiger partial charge is 0.265 e. The van der Waals surface area contributed by atoms with Crippen LogP contribution in [0.5, 0.6) is 11.5 Å². The molecule has 7 nitrogen and oxygen atoms in total. The van der Waals surface area contributed by atoms with Crippen molar-refractivity contribution in [1.82, 2.24) is 0 Å². The number of benzene rings is 3. The highest BCUT2D eigenvalue weighted by Crippen LogP contribution is 2.29. The maximum Gasteiger partial charge on any atom is 0.265 e. The second-order valence-electron chi connectivity index (χ2n) is 6.39. The van der Waals surface area contributed by atoms with Crippen molar-refractivity contribution in [2.45, 2.75) is 11.8 Å². The second-order valence-corrected chi connectivity index (χ2v) is 8.48. The summed E-state index contributed by atoms with van der Waals surface area (Å²) in [5.41, 5.74) is 1.05. The number of hydrogen-bond acceptors (Lipinski definition) is 5. The van der Waals surface area contributed by atoms with Crippen LogP contribution in [-0.2, 0) is 10.0 Å². The summed E-state index contributed by atoms with van der Waals surface area (Å²) >= 11 is 5.85. The van der Waals surface area contributed by atoms with Crippen LogP contribution in [-0.4, -0.2) is 28.0 Å². The van der Waals surface area contributed by atoms with E-state index in [0.717, 1.165) is 0 Å². The molecular weight excluding hydrogens is 440 g/mol. The van der Waals surface area contributed by atoms with Crippen LogP contribution in [0.1, 0.15) is 17.3 Å². The van der Waals surface area contributed by atoms with Gasteiger partial charge in [0.25, 0.3) is 15.9 Å². The Morgan fingerprint density at radius 3 is 2.23 bits per heavy atom. The van der Waals surface area contributed by atoms with Gasteiger partial charge in [0.2, 0.25) is 0 Å². The Kier molecular flexibility index (Phi) is 7.04. The minimum Gasteiger partial charge on any atom is -0.495 e. The first-order valence-corrected chi connectivity index (χ1v) is 11.2. The molecule has 0 saturated carbocycles. The van der Waals surface area contributed by atoms with Crippen LogP contribution < -0.4 is 19.5 Å². The first-order valence-electron chi connectivity index (χ1n) is 9.33. The third-order valence-corrected chi connectivity index (χ3v) is 5.89. The first kappa shape index (κ1) is 22.5. The number of anilines is 2. The van der Waals surface area contributed by atoms with Crippen LogP contribution in [0.25, 0.3) is 0 Å². The fraction of sp³-hybridized carbons (Fsp3) is 0.136. The summed E-state index contributed by atoms with van der Waals surface area (Å²) in [5.74, 6) is 0.377. The highest BCUT2D eigenvalue weighted by atomic mass is 35.5. The monoisotopic (exact) mass is 460 g/mol. The maximum absolute atomic E-state index is 13.0. The van der Waals surface area contributed by atoms with E-state index in [1.54, 1.807) is 54.6 Å². The van der Waals surface area contributed by atoms with Crippen molar-refractivity contribution < 1.29 is 22.7 Å². The molecule has 0 aliphatic carbocycles. The number of carbonyl (C=O) groups is 1. The van der Waals surface area contributed by atoms with Crippen molar-refractivity contribution in [2.24, 2.45) is 0 Å². The molecule has 0 aliphatic heterocycles. The lowest BCUT2D eigenvalue weighted by Crippen LogP contribution is -2.16. The molecule has 0 spiro atoms. The lowest BCUT2D eigenvalue weighted by atomic mass is 10.2. The van der Waals surface area contributed by atoms with Crippen molar-refractivity contribution in [3.8, 4) is 11.5 Å². The fourth-order valence-electron chi connectivity index (χ4n) is 2.76. The lowest BCUT2D eigenvalue weighted by Gasteiger charge is -2.14. The average Bonchev–Trinajstić information content (AvgIpc) is 2.75. The van der Waals surface area contributed by atoms with Crippen LogP contribution in [0.2, 0.25) is 5.02 Å². The van der Waals surface area contributed by atoms with Gasteiger partial charge >= 0.3 is 0 Å². The van der Waals surface area contributed by atoms with Crippen molar-refractivity contribution in [1.29, 1.82) is 0 Å². The van der Waals surface area contributed by atoms with Crippen LogP contribution in [0, 0.1) is 0 Å². The van der Waals surface area contributed by atoms with Gasteiger partial charge in [-0.1, -0.05) is 11.6 Å². The SMILES string of the molecule is CCOc1ccc(NS(=O)(=O)c2cc(NC(=O)c3ccc(Cl)cc3)ccc2OC)cc1. The van der Waals surface area contributed by atoms with Crippen LogP contribution in [0.15, 0.2) is 71.6 Å². The number of ether oxygens (including phenoxy) is 2. The molecule has 3 rings (SSSR count).